The number of hydrogen-bond acceptors (Lipinski definition) is 12. The van der Waals surface area contributed by atoms with Gasteiger partial charge in [-0.1, -0.05) is 12.1 Å². The lowest BCUT2D eigenvalue weighted by atomic mass is 10.1. The fourth-order valence-electron chi connectivity index (χ4n) is 4.82. The predicted octanol–water partition coefficient (Wildman–Crippen LogP) is 8.57. The van der Waals surface area contributed by atoms with Crippen molar-refractivity contribution >= 4 is 50.9 Å². The molecule has 0 spiro atoms. The lowest BCUT2D eigenvalue weighted by molar-refractivity contribution is 0.100. The minimum Gasteiger partial charge on any atom is -0.324 e. The number of carbonyl (C=O) groups excluding carboxylic acids is 2. The van der Waals surface area contributed by atoms with Gasteiger partial charge in [-0.3, -0.25) is 14.7 Å². The SMILES string of the molecule is CC(=O)c1ccc(-n2cc(F)cn2)nc1.CC(=O)c1ccc(Br)nc1.C[C@H](N)c1ccc(-n2cc(F)cn2)nc1.C[C@H](N[S@](=O)C(C)(C)C)c1ccc(-n2cc(F)cn2)nc1.Cl.Fc1cn[nH]c1. The molecule has 0 radical (unpaired) electrons. The van der Waals surface area contributed by atoms with E-state index < -0.39 is 22.6 Å². The fourth-order valence-corrected chi connectivity index (χ4v) is 5.87. The number of aromatic amines is 1. The molecule has 3 atom stereocenters. The fraction of sp³-hybridized carbons (Fsp3) is 0.227. The molecule has 0 aliphatic carbocycles. The van der Waals surface area contributed by atoms with Crippen molar-refractivity contribution < 1.29 is 31.4 Å². The van der Waals surface area contributed by atoms with Crippen LogP contribution in [0.25, 0.3) is 17.5 Å². The van der Waals surface area contributed by atoms with Gasteiger partial charge in [0, 0.05) is 48.0 Å². The molecular weight excluding hydrogens is 996 g/mol. The molecule has 0 unspecified atom stereocenters. The Morgan fingerprint density at radius 1 is 0.647 bits per heavy atom. The van der Waals surface area contributed by atoms with E-state index in [9.17, 15) is 31.4 Å². The molecule has 0 bridgehead atoms. The van der Waals surface area contributed by atoms with Crippen molar-refractivity contribution in [3.63, 3.8) is 0 Å². The summed E-state index contributed by atoms with van der Waals surface area (Å²) in [6.07, 6.45) is 15.7. The summed E-state index contributed by atoms with van der Waals surface area (Å²) >= 11 is 3.17. The molecule has 0 saturated heterocycles. The van der Waals surface area contributed by atoms with Gasteiger partial charge in [-0.25, -0.2) is 60.5 Å². The van der Waals surface area contributed by atoms with Crippen molar-refractivity contribution in [2.75, 3.05) is 0 Å². The second kappa shape index (κ2) is 26.6. The van der Waals surface area contributed by atoms with Gasteiger partial charge in [0.25, 0.3) is 0 Å². The van der Waals surface area contributed by atoms with Crippen LogP contribution in [0.2, 0.25) is 0 Å². The Hall–Kier alpha value is -6.66. The van der Waals surface area contributed by atoms with Crippen LogP contribution in [0.4, 0.5) is 17.6 Å². The van der Waals surface area contributed by atoms with Gasteiger partial charge >= 0.3 is 0 Å². The summed E-state index contributed by atoms with van der Waals surface area (Å²) in [5.74, 6) is 0.0340. The lowest BCUT2D eigenvalue weighted by Gasteiger charge is -2.22. The molecule has 0 saturated carbocycles. The molecule has 0 aliphatic rings. The third kappa shape index (κ3) is 18.2. The van der Waals surface area contributed by atoms with Crippen LogP contribution in [-0.2, 0) is 11.0 Å². The second-order valence-corrected chi connectivity index (χ2v) is 17.8. The average Bonchev–Trinajstić information content (AvgIpc) is 4.15. The minimum atomic E-state index is -1.15. The van der Waals surface area contributed by atoms with E-state index in [0.29, 0.717) is 28.6 Å². The second-order valence-electron chi connectivity index (χ2n) is 15.0. The molecule has 0 fully saturated rings. The van der Waals surface area contributed by atoms with Crippen LogP contribution in [0.1, 0.15) is 92.4 Å². The zero-order chi connectivity index (χ0) is 49.3. The highest BCUT2D eigenvalue weighted by Crippen LogP contribution is 2.18. The largest absolute Gasteiger partial charge is 0.324 e. The summed E-state index contributed by atoms with van der Waals surface area (Å²) in [6.45, 7) is 12.5. The highest BCUT2D eigenvalue weighted by atomic mass is 79.9. The predicted molar refractivity (Wildman–Crippen MR) is 254 cm³/mol. The molecule has 0 aliphatic heterocycles. The number of nitrogens with two attached hydrogens (primary N) is 1. The summed E-state index contributed by atoms with van der Waals surface area (Å²) in [5.41, 5.74) is 8.69. The van der Waals surface area contributed by atoms with Gasteiger partial charge in [-0.05, 0) is 112 Å². The standard InChI is InChI=1S/C14H19FN4OS.C10H11FN4.C10H8FN3O.C7H6BrNO.C3H3FN2.ClH/c1-10(18-21(20)14(2,3)4)11-5-6-13(16-7-11)19-9-12(15)8-17-19;1-7(12)8-2-3-10(13-4-8)15-6-9(11)5-14-15;1-7(15)8-2-3-10(12-4-8)14-6-9(11)5-13-14;1-5(10)6-2-3-7(8)9-4-6;4-3-1-5-6-2-3;/h5-10,18H,1-4H3;2-7H,12H2,1H3;2-6H,1H3;2-4H,1H3;1-2H,(H,5,6);1H/t10-,21+;7-;;;;/m00..../s1. The summed E-state index contributed by atoms with van der Waals surface area (Å²) < 4.78 is 69.4. The smallest absolute Gasteiger partial charge is 0.161 e. The lowest BCUT2D eigenvalue weighted by Crippen LogP contribution is -2.34. The molecule has 24 heteroatoms. The van der Waals surface area contributed by atoms with Crippen molar-refractivity contribution in [1.82, 2.24) is 64.2 Å². The van der Waals surface area contributed by atoms with Crippen molar-refractivity contribution in [3.05, 3.63) is 173 Å². The van der Waals surface area contributed by atoms with Crippen LogP contribution in [0.15, 0.2) is 127 Å². The van der Waals surface area contributed by atoms with Crippen LogP contribution in [-0.4, -0.2) is 80.0 Å². The first-order chi connectivity index (χ1) is 31.7. The third-order valence-electron chi connectivity index (χ3n) is 8.52. The van der Waals surface area contributed by atoms with Crippen molar-refractivity contribution in [3.8, 4) is 17.5 Å². The van der Waals surface area contributed by atoms with E-state index in [4.69, 9.17) is 5.73 Å². The van der Waals surface area contributed by atoms with Crippen LogP contribution in [0.5, 0.6) is 0 Å². The number of pyridine rings is 4. The van der Waals surface area contributed by atoms with Gasteiger partial charge in [0.2, 0.25) is 0 Å². The molecule has 8 aromatic heterocycles. The monoisotopic (exact) mass is 1040 g/mol. The maximum Gasteiger partial charge on any atom is 0.161 e. The number of nitrogens with zero attached hydrogens (tertiary/aromatic N) is 11. The highest BCUT2D eigenvalue weighted by Gasteiger charge is 2.22. The number of rotatable bonds is 9. The van der Waals surface area contributed by atoms with Crippen LogP contribution < -0.4 is 10.5 Å². The zero-order valence-corrected chi connectivity index (χ0v) is 40.8. The number of ketones is 2. The number of aromatic nitrogens is 12. The molecule has 8 heterocycles. The van der Waals surface area contributed by atoms with E-state index in [2.05, 4.69) is 66.1 Å². The molecule has 0 aromatic carbocycles. The van der Waals surface area contributed by atoms with E-state index in [1.165, 1.54) is 58.9 Å². The number of carbonyl (C=O) groups is 2. The number of halogens is 6. The highest BCUT2D eigenvalue weighted by molar-refractivity contribution is 9.10. The number of Topliss-reactive ketones (excluding diaryl/α,β-unsaturated/α-hetero) is 2. The topological polar surface area (TPSA) is 223 Å². The van der Waals surface area contributed by atoms with E-state index in [0.717, 1.165) is 40.5 Å². The van der Waals surface area contributed by atoms with Crippen LogP contribution >= 0.6 is 28.3 Å². The Morgan fingerprint density at radius 2 is 1.07 bits per heavy atom. The Kier molecular flexibility index (Phi) is 21.8. The van der Waals surface area contributed by atoms with Crippen molar-refractivity contribution in [1.29, 1.82) is 0 Å². The van der Waals surface area contributed by atoms with E-state index >= 15 is 0 Å². The van der Waals surface area contributed by atoms with Crippen molar-refractivity contribution in [2.24, 2.45) is 5.73 Å². The first-order valence-corrected chi connectivity index (χ1v) is 21.8. The van der Waals surface area contributed by atoms with Gasteiger partial charge in [0.15, 0.2) is 52.3 Å². The Balaban J connectivity index is 0.000000235. The molecule has 360 valence electrons. The number of H-pyrrole nitrogens is 1. The maximum absolute atomic E-state index is 12.9. The zero-order valence-electron chi connectivity index (χ0n) is 37.6. The molecule has 4 N–H and O–H groups in total. The molecule has 8 rings (SSSR count). The Morgan fingerprint density at radius 3 is 1.35 bits per heavy atom. The van der Waals surface area contributed by atoms with E-state index in [1.807, 2.05) is 46.8 Å². The van der Waals surface area contributed by atoms with Crippen LogP contribution in [0, 0.1) is 23.3 Å². The van der Waals surface area contributed by atoms with Gasteiger partial charge < -0.3 is 5.73 Å². The maximum atomic E-state index is 12.9. The number of nitrogens with one attached hydrogen (secondary N) is 2. The third-order valence-corrected chi connectivity index (χ3v) is 10.7. The molecule has 0 amide bonds. The quantitative estimate of drug-likeness (QED) is 0.0703. The van der Waals surface area contributed by atoms with Crippen LogP contribution in [0.3, 0.4) is 0 Å². The summed E-state index contributed by atoms with van der Waals surface area (Å²) in [6, 6.07) is 13.8. The summed E-state index contributed by atoms with van der Waals surface area (Å²) in [4.78, 5) is 38.0. The molecule has 68 heavy (non-hydrogen) atoms. The van der Waals surface area contributed by atoms with Crippen molar-refractivity contribution in [2.45, 2.75) is 65.3 Å². The Labute approximate surface area is 406 Å². The first kappa shape index (κ1) is 55.7. The van der Waals surface area contributed by atoms with Gasteiger partial charge in [0.1, 0.15) is 4.60 Å². The molecule has 17 nitrogen and oxygen atoms in total. The van der Waals surface area contributed by atoms with Gasteiger partial charge in [-0.2, -0.15) is 20.4 Å². The minimum absolute atomic E-state index is 0. The van der Waals surface area contributed by atoms with E-state index in [1.54, 1.807) is 55.0 Å². The molecular formula is C44H48BrClF4N14O3S. The number of hydrogen-bond donors (Lipinski definition) is 3. The summed E-state index contributed by atoms with van der Waals surface area (Å²) in [7, 11) is -1.15. The first-order valence-electron chi connectivity index (χ1n) is 19.9. The van der Waals surface area contributed by atoms with E-state index in [-0.39, 0.29) is 52.4 Å². The normalized spacial score (nSPS) is 11.8. The molecule has 8 aromatic rings. The van der Waals surface area contributed by atoms with Gasteiger partial charge in [-0.15, -0.1) is 12.4 Å². The summed E-state index contributed by atoms with van der Waals surface area (Å²) in [5, 5.41) is 17.0. The van der Waals surface area contributed by atoms with Gasteiger partial charge in [0.05, 0.1) is 65.3 Å². The Bertz CT molecular complexity index is 2790. The average molecular weight is 1040 g/mol.